The number of hydrogen-bond donors (Lipinski definition) is 2. The molecule has 5 aliphatic carbocycles. The largest absolute Gasteiger partial charge is 0.478 e. The lowest BCUT2D eigenvalue weighted by atomic mass is 9.32. The highest BCUT2D eigenvalue weighted by atomic mass is 16.4. The summed E-state index contributed by atoms with van der Waals surface area (Å²) in [5.41, 5.74) is 4.60. The van der Waals surface area contributed by atoms with Crippen LogP contribution in [-0.4, -0.2) is 23.5 Å². The van der Waals surface area contributed by atoms with Crippen LogP contribution in [0, 0.1) is 62.6 Å². The van der Waals surface area contributed by atoms with Gasteiger partial charge in [0.25, 0.3) is 0 Å². The molecule has 252 valence electrons. The number of rotatable bonds is 7. The quantitative estimate of drug-likeness (QED) is 0.296. The van der Waals surface area contributed by atoms with Crippen molar-refractivity contribution < 1.29 is 14.7 Å². The number of amides is 1. The molecule has 1 amide bonds. The minimum atomic E-state index is -0.870. The fourth-order valence-corrected chi connectivity index (χ4v) is 13.1. The number of allylic oxidation sites excluding steroid dienone is 3. The molecule has 4 fully saturated rings. The van der Waals surface area contributed by atoms with Crippen LogP contribution >= 0.6 is 0 Å². The average Bonchev–Trinajstić information content (AvgIpc) is 3.38. The second-order valence-corrected chi connectivity index (χ2v) is 18.2. The van der Waals surface area contributed by atoms with E-state index in [0.29, 0.717) is 47.0 Å². The van der Waals surface area contributed by atoms with E-state index in [2.05, 4.69) is 73.4 Å². The summed E-state index contributed by atoms with van der Waals surface area (Å²) in [6.07, 6.45) is 13.9. The molecule has 1 aromatic rings. The summed E-state index contributed by atoms with van der Waals surface area (Å²) in [6, 6.07) is 7.56. The summed E-state index contributed by atoms with van der Waals surface area (Å²) in [4.78, 5) is 25.8. The maximum atomic E-state index is 14.2. The van der Waals surface area contributed by atoms with Crippen molar-refractivity contribution in [2.75, 3.05) is 6.54 Å². The smallest absolute Gasteiger partial charge is 0.335 e. The first-order valence-corrected chi connectivity index (χ1v) is 18.5. The highest BCUT2D eigenvalue weighted by Gasteiger charge is 2.71. The highest BCUT2D eigenvalue weighted by Crippen LogP contribution is 2.77. The number of carboxylic acids is 1. The Hall–Kier alpha value is -2.36. The standard InChI is InChI=1S/C42H61NO3/c1-26(2)19-25-43-37(46)42-22-16-30(27(3)4)35(42)32-14-15-34-39(7)20-17-31(28-10-12-29(13-11-28)36(44)45)38(5,6)33(39)18-21-41(34,9)40(32,8)23-24-42/h10-13,17,26,30,32-35H,3,14-16,18-25H2,1-2,4-9H3,(H,43,46)(H,44,45)/t30-,32?,33?,34?,35?,39-,40+,41+,42-/m0/s1. The van der Waals surface area contributed by atoms with Crippen molar-refractivity contribution in [2.45, 2.75) is 120 Å². The van der Waals surface area contributed by atoms with Gasteiger partial charge in [-0.1, -0.05) is 78.8 Å². The maximum absolute atomic E-state index is 14.2. The number of carboxylic acid groups (broad SMARTS) is 1. The summed E-state index contributed by atoms with van der Waals surface area (Å²) < 4.78 is 0. The van der Waals surface area contributed by atoms with Crippen LogP contribution in [0.2, 0.25) is 0 Å². The molecule has 0 saturated heterocycles. The minimum Gasteiger partial charge on any atom is -0.478 e. The number of carbonyl (C=O) groups excluding carboxylic acids is 1. The van der Waals surface area contributed by atoms with Gasteiger partial charge in [-0.05, 0) is 152 Å². The topological polar surface area (TPSA) is 66.4 Å². The molecule has 1 aromatic carbocycles. The molecule has 0 radical (unpaired) electrons. The van der Waals surface area contributed by atoms with E-state index < -0.39 is 5.97 Å². The van der Waals surface area contributed by atoms with Crippen LogP contribution in [0.4, 0.5) is 0 Å². The van der Waals surface area contributed by atoms with Crippen molar-refractivity contribution in [1.29, 1.82) is 0 Å². The summed E-state index contributed by atoms with van der Waals surface area (Å²) in [6.45, 7) is 24.9. The van der Waals surface area contributed by atoms with Crippen LogP contribution in [0.25, 0.3) is 5.57 Å². The lowest BCUT2D eigenvalue weighted by Gasteiger charge is -2.72. The Morgan fingerprint density at radius 3 is 2.24 bits per heavy atom. The summed E-state index contributed by atoms with van der Waals surface area (Å²) >= 11 is 0. The fraction of sp³-hybridized carbons (Fsp3) is 0.714. The normalized spacial score (nSPS) is 41.0. The van der Waals surface area contributed by atoms with Gasteiger partial charge in [0.2, 0.25) is 5.91 Å². The van der Waals surface area contributed by atoms with Gasteiger partial charge >= 0.3 is 5.97 Å². The van der Waals surface area contributed by atoms with Crippen LogP contribution in [-0.2, 0) is 4.79 Å². The molecule has 4 heteroatoms. The summed E-state index contributed by atoms with van der Waals surface area (Å²) in [5.74, 6) is 2.67. The Kier molecular flexibility index (Phi) is 8.29. The molecule has 5 aliphatic rings. The number of carbonyl (C=O) groups is 2. The van der Waals surface area contributed by atoms with Gasteiger partial charge in [-0.2, -0.15) is 0 Å². The van der Waals surface area contributed by atoms with Gasteiger partial charge in [0.05, 0.1) is 11.0 Å². The molecule has 9 atom stereocenters. The van der Waals surface area contributed by atoms with Crippen molar-refractivity contribution in [3.63, 3.8) is 0 Å². The van der Waals surface area contributed by atoms with Crippen molar-refractivity contribution in [3.05, 3.63) is 53.6 Å². The molecule has 4 nitrogen and oxygen atoms in total. The maximum Gasteiger partial charge on any atom is 0.335 e. The molecule has 6 rings (SSSR count). The van der Waals surface area contributed by atoms with E-state index in [9.17, 15) is 14.7 Å². The number of aromatic carboxylic acids is 1. The Bertz CT molecular complexity index is 1420. The molecular weight excluding hydrogens is 566 g/mol. The van der Waals surface area contributed by atoms with E-state index in [-0.39, 0.29) is 27.1 Å². The number of nitrogens with one attached hydrogen (secondary N) is 1. The third kappa shape index (κ3) is 4.73. The molecule has 0 spiro atoms. The van der Waals surface area contributed by atoms with E-state index in [0.717, 1.165) is 45.1 Å². The van der Waals surface area contributed by atoms with Crippen LogP contribution in [0.5, 0.6) is 0 Å². The first-order valence-electron chi connectivity index (χ1n) is 18.5. The van der Waals surface area contributed by atoms with Gasteiger partial charge in [-0.25, -0.2) is 4.79 Å². The first-order chi connectivity index (χ1) is 21.5. The SMILES string of the molecule is C=C(C)[C@@H]1CC[C@]2(C(=O)NCCC(C)C)CC[C@]3(C)C(CCC4[C@@]5(C)CC=C(c6ccc(C(=O)O)cc6)C(C)(C)C5CC[C@]43C)C12. The molecule has 2 N–H and O–H groups in total. The lowest BCUT2D eigenvalue weighted by molar-refractivity contribution is -0.225. The van der Waals surface area contributed by atoms with E-state index in [1.807, 2.05) is 12.1 Å². The Balaban J connectivity index is 1.33. The third-order valence-corrected chi connectivity index (χ3v) is 15.5. The summed E-state index contributed by atoms with van der Waals surface area (Å²) in [7, 11) is 0. The fourth-order valence-electron chi connectivity index (χ4n) is 13.1. The lowest BCUT2D eigenvalue weighted by Crippen LogP contribution is -2.66. The predicted molar refractivity (Wildman–Crippen MR) is 188 cm³/mol. The van der Waals surface area contributed by atoms with Crippen molar-refractivity contribution in [1.82, 2.24) is 5.32 Å². The zero-order valence-electron chi connectivity index (χ0n) is 30.1. The van der Waals surface area contributed by atoms with Crippen LogP contribution in [0.15, 0.2) is 42.5 Å². The Morgan fingerprint density at radius 1 is 0.913 bits per heavy atom. The molecule has 46 heavy (non-hydrogen) atoms. The molecule has 0 heterocycles. The monoisotopic (exact) mass is 627 g/mol. The van der Waals surface area contributed by atoms with E-state index in [4.69, 9.17) is 0 Å². The predicted octanol–water partition coefficient (Wildman–Crippen LogP) is 10.2. The number of fused-ring (bicyclic) bond motifs is 7. The highest BCUT2D eigenvalue weighted by molar-refractivity contribution is 5.88. The molecule has 0 aromatic heterocycles. The number of benzene rings is 1. The van der Waals surface area contributed by atoms with Gasteiger partial charge in [0.15, 0.2) is 0 Å². The summed E-state index contributed by atoms with van der Waals surface area (Å²) in [5, 5.41) is 12.9. The van der Waals surface area contributed by atoms with E-state index in [1.165, 1.54) is 42.4 Å². The van der Waals surface area contributed by atoms with Crippen LogP contribution in [0.3, 0.4) is 0 Å². The van der Waals surface area contributed by atoms with Gasteiger partial charge in [0, 0.05) is 6.54 Å². The van der Waals surface area contributed by atoms with Gasteiger partial charge < -0.3 is 10.4 Å². The van der Waals surface area contributed by atoms with Crippen LogP contribution in [0.1, 0.15) is 136 Å². The molecule has 4 unspecified atom stereocenters. The van der Waals surface area contributed by atoms with Crippen LogP contribution < -0.4 is 5.32 Å². The second-order valence-electron chi connectivity index (χ2n) is 18.2. The number of hydrogen-bond acceptors (Lipinski definition) is 2. The molecule has 0 bridgehead atoms. The average molecular weight is 628 g/mol. The van der Waals surface area contributed by atoms with Crippen molar-refractivity contribution >= 4 is 17.4 Å². The Morgan fingerprint density at radius 2 is 1.61 bits per heavy atom. The van der Waals surface area contributed by atoms with Crippen molar-refractivity contribution in [2.24, 2.45) is 62.6 Å². The van der Waals surface area contributed by atoms with Gasteiger partial charge in [-0.3, -0.25) is 4.79 Å². The first kappa shape index (κ1) is 33.5. The van der Waals surface area contributed by atoms with Crippen molar-refractivity contribution in [3.8, 4) is 0 Å². The molecular formula is C42H61NO3. The Labute approximate surface area is 279 Å². The van der Waals surface area contributed by atoms with Gasteiger partial charge in [-0.15, -0.1) is 0 Å². The third-order valence-electron chi connectivity index (χ3n) is 15.5. The minimum absolute atomic E-state index is 0.00309. The van der Waals surface area contributed by atoms with E-state index in [1.54, 1.807) is 12.1 Å². The van der Waals surface area contributed by atoms with Gasteiger partial charge in [0.1, 0.15) is 0 Å². The zero-order valence-corrected chi connectivity index (χ0v) is 30.1. The molecule has 0 aliphatic heterocycles. The zero-order chi connectivity index (χ0) is 33.4. The van der Waals surface area contributed by atoms with E-state index >= 15 is 0 Å². The second kappa shape index (κ2) is 11.4. The molecule has 4 saturated carbocycles.